The fourth-order valence-electron chi connectivity index (χ4n) is 3.03. The van der Waals surface area contributed by atoms with Crippen molar-refractivity contribution in [3.8, 4) is 0 Å². The van der Waals surface area contributed by atoms with Crippen LogP contribution in [0.5, 0.6) is 0 Å². The summed E-state index contributed by atoms with van der Waals surface area (Å²) in [6.07, 6.45) is 4.47. The number of carbonyl (C=O) groups excluding carboxylic acids is 1. The Bertz CT molecular complexity index is 461. The topological polar surface area (TPSA) is 46.1 Å². The smallest absolute Gasteiger partial charge is 0.257 e. The van der Waals surface area contributed by atoms with Crippen molar-refractivity contribution in [2.45, 2.75) is 59.4 Å². The summed E-state index contributed by atoms with van der Waals surface area (Å²) in [5.41, 5.74) is 2.30. The highest BCUT2D eigenvalue weighted by atomic mass is 16.2. The molecule has 0 saturated carbocycles. The fraction of sp³-hybridized carbons (Fsp3) is 0.667. The minimum absolute atomic E-state index is 0.113. The van der Waals surface area contributed by atoms with Gasteiger partial charge in [-0.25, -0.2) is 9.97 Å². The van der Waals surface area contributed by atoms with Gasteiger partial charge in [0.25, 0.3) is 5.91 Å². The predicted molar refractivity (Wildman–Crippen MR) is 75.2 cm³/mol. The van der Waals surface area contributed by atoms with Gasteiger partial charge in [-0.05, 0) is 46.5 Å². The lowest BCUT2D eigenvalue weighted by Gasteiger charge is -2.35. The van der Waals surface area contributed by atoms with Gasteiger partial charge < -0.3 is 4.90 Å². The maximum absolute atomic E-state index is 12.8. The summed E-state index contributed by atoms with van der Waals surface area (Å²) in [5.74, 6) is 0.846. The first-order chi connectivity index (χ1) is 9.04. The fourth-order valence-corrected chi connectivity index (χ4v) is 3.03. The van der Waals surface area contributed by atoms with Gasteiger partial charge in [0.15, 0.2) is 0 Å². The molecule has 0 aromatic carbocycles. The number of likely N-dealkylation sites (tertiary alicyclic amines) is 1. The molecule has 1 aliphatic heterocycles. The van der Waals surface area contributed by atoms with Gasteiger partial charge in [0.2, 0.25) is 0 Å². The lowest BCUT2D eigenvalue weighted by molar-refractivity contribution is 0.0605. The number of aryl methyl sites for hydroxylation is 3. The maximum Gasteiger partial charge on any atom is 0.257 e. The van der Waals surface area contributed by atoms with Crippen molar-refractivity contribution in [1.29, 1.82) is 0 Å². The van der Waals surface area contributed by atoms with Gasteiger partial charge in [0.1, 0.15) is 5.82 Å². The van der Waals surface area contributed by atoms with Crippen LogP contribution in [0, 0.1) is 20.8 Å². The molecular formula is C15H23N3O. The van der Waals surface area contributed by atoms with Crippen molar-refractivity contribution in [3.05, 3.63) is 22.8 Å². The van der Waals surface area contributed by atoms with Crippen LogP contribution in [0.2, 0.25) is 0 Å². The zero-order chi connectivity index (χ0) is 14.0. The SMILES string of the molecule is CCC1CCCCN1C(=O)c1c(C)nc(C)nc1C. The molecule has 0 aliphatic carbocycles. The lowest BCUT2D eigenvalue weighted by atomic mass is 9.98. The lowest BCUT2D eigenvalue weighted by Crippen LogP contribution is -2.44. The Hall–Kier alpha value is -1.45. The van der Waals surface area contributed by atoms with Crippen LogP contribution in [-0.2, 0) is 0 Å². The number of hydrogen-bond acceptors (Lipinski definition) is 3. The van der Waals surface area contributed by atoms with E-state index < -0.39 is 0 Å². The quantitative estimate of drug-likeness (QED) is 0.822. The van der Waals surface area contributed by atoms with Crippen LogP contribution >= 0.6 is 0 Å². The molecule has 4 heteroatoms. The van der Waals surface area contributed by atoms with Gasteiger partial charge in [0, 0.05) is 12.6 Å². The molecule has 2 rings (SSSR count). The van der Waals surface area contributed by atoms with Gasteiger partial charge in [-0.2, -0.15) is 0 Å². The third kappa shape index (κ3) is 2.77. The molecule has 0 N–H and O–H groups in total. The van der Waals surface area contributed by atoms with E-state index in [9.17, 15) is 4.79 Å². The summed E-state index contributed by atoms with van der Waals surface area (Å²) in [4.78, 5) is 23.5. The first-order valence-corrected chi connectivity index (χ1v) is 7.17. The molecule has 0 spiro atoms. The van der Waals surface area contributed by atoms with Gasteiger partial charge >= 0.3 is 0 Å². The van der Waals surface area contributed by atoms with Crippen LogP contribution in [0.3, 0.4) is 0 Å². The van der Waals surface area contributed by atoms with E-state index >= 15 is 0 Å². The van der Waals surface area contributed by atoms with E-state index in [0.717, 1.165) is 43.0 Å². The van der Waals surface area contributed by atoms with Crippen molar-refractivity contribution in [1.82, 2.24) is 14.9 Å². The van der Waals surface area contributed by atoms with Gasteiger partial charge in [-0.15, -0.1) is 0 Å². The van der Waals surface area contributed by atoms with E-state index in [0.29, 0.717) is 11.6 Å². The largest absolute Gasteiger partial charge is 0.336 e. The number of hydrogen-bond donors (Lipinski definition) is 0. The molecule has 1 atom stereocenters. The van der Waals surface area contributed by atoms with E-state index in [1.807, 2.05) is 25.7 Å². The summed E-state index contributed by atoms with van der Waals surface area (Å²) in [5, 5.41) is 0. The van der Waals surface area contributed by atoms with Crippen LogP contribution in [-0.4, -0.2) is 33.4 Å². The Labute approximate surface area is 115 Å². The van der Waals surface area contributed by atoms with Crippen molar-refractivity contribution >= 4 is 5.91 Å². The molecule has 1 amide bonds. The van der Waals surface area contributed by atoms with Crippen molar-refractivity contribution in [2.24, 2.45) is 0 Å². The minimum Gasteiger partial charge on any atom is -0.336 e. The van der Waals surface area contributed by atoms with E-state index in [-0.39, 0.29) is 5.91 Å². The summed E-state index contributed by atoms with van der Waals surface area (Å²) < 4.78 is 0. The second-order valence-corrected chi connectivity index (χ2v) is 5.37. The highest BCUT2D eigenvalue weighted by molar-refractivity contribution is 5.96. The summed E-state index contributed by atoms with van der Waals surface area (Å²) in [7, 11) is 0. The standard InChI is InChI=1S/C15H23N3O/c1-5-13-8-6-7-9-18(13)15(19)14-10(2)16-12(4)17-11(14)3/h13H,5-9H2,1-4H3. The first kappa shape index (κ1) is 14.0. The maximum atomic E-state index is 12.8. The van der Waals surface area contributed by atoms with Crippen LogP contribution in [0.4, 0.5) is 0 Å². The summed E-state index contributed by atoms with van der Waals surface area (Å²) in [6, 6.07) is 0.376. The molecule has 1 aromatic heterocycles. The Kier molecular flexibility index (Phi) is 4.17. The molecule has 1 saturated heterocycles. The van der Waals surface area contributed by atoms with Gasteiger partial charge in [-0.3, -0.25) is 4.79 Å². The Morgan fingerprint density at radius 2 is 1.84 bits per heavy atom. The Morgan fingerprint density at radius 1 is 1.21 bits per heavy atom. The number of nitrogens with zero attached hydrogens (tertiary/aromatic N) is 3. The molecule has 1 aliphatic rings. The minimum atomic E-state index is 0.113. The van der Waals surface area contributed by atoms with Crippen molar-refractivity contribution in [3.63, 3.8) is 0 Å². The van der Waals surface area contributed by atoms with E-state index in [1.54, 1.807) is 0 Å². The number of rotatable bonds is 2. The summed E-state index contributed by atoms with van der Waals surface area (Å²) >= 11 is 0. The first-order valence-electron chi connectivity index (χ1n) is 7.17. The van der Waals surface area contributed by atoms with Crippen LogP contribution in [0.25, 0.3) is 0 Å². The number of piperidine rings is 1. The second-order valence-electron chi connectivity index (χ2n) is 5.37. The normalized spacial score (nSPS) is 19.6. The zero-order valence-corrected chi connectivity index (χ0v) is 12.4. The third-order valence-electron chi connectivity index (χ3n) is 3.96. The number of carbonyl (C=O) groups is 1. The number of aromatic nitrogens is 2. The predicted octanol–water partition coefficient (Wildman–Crippen LogP) is 2.81. The Morgan fingerprint density at radius 3 is 2.42 bits per heavy atom. The molecule has 1 aromatic rings. The van der Waals surface area contributed by atoms with E-state index in [1.165, 1.54) is 6.42 Å². The highest BCUT2D eigenvalue weighted by Crippen LogP contribution is 2.23. The number of amides is 1. The highest BCUT2D eigenvalue weighted by Gasteiger charge is 2.28. The second kappa shape index (κ2) is 5.68. The molecule has 104 valence electrons. The molecule has 4 nitrogen and oxygen atoms in total. The molecule has 1 unspecified atom stereocenters. The van der Waals surface area contributed by atoms with Crippen molar-refractivity contribution < 1.29 is 4.79 Å². The van der Waals surface area contributed by atoms with Gasteiger partial charge in [-0.1, -0.05) is 6.92 Å². The van der Waals surface area contributed by atoms with Crippen LogP contribution in [0.15, 0.2) is 0 Å². The van der Waals surface area contributed by atoms with Crippen LogP contribution < -0.4 is 0 Å². The molecule has 1 fully saturated rings. The molecule has 0 radical (unpaired) electrons. The van der Waals surface area contributed by atoms with Gasteiger partial charge in [0.05, 0.1) is 17.0 Å². The van der Waals surface area contributed by atoms with Crippen molar-refractivity contribution in [2.75, 3.05) is 6.54 Å². The average Bonchev–Trinajstić information content (AvgIpc) is 2.37. The molecule has 0 bridgehead atoms. The molecular weight excluding hydrogens is 238 g/mol. The Balaban J connectivity index is 2.33. The van der Waals surface area contributed by atoms with Crippen LogP contribution in [0.1, 0.15) is 60.2 Å². The third-order valence-corrected chi connectivity index (χ3v) is 3.96. The average molecular weight is 261 g/mol. The molecule has 19 heavy (non-hydrogen) atoms. The zero-order valence-electron chi connectivity index (χ0n) is 12.4. The van der Waals surface area contributed by atoms with E-state index in [4.69, 9.17) is 0 Å². The summed E-state index contributed by atoms with van der Waals surface area (Å²) in [6.45, 7) is 8.69. The molecule has 2 heterocycles. The van der Waals surface area contributed by atoms with E-state index in [2.05, 4.69) is 16.9 Å². The monoisotopic (exact) mass is 261 g/mol.